The molecule has 0 radical (unpaired) electrons. The predicted molar refractivity (Wildman–Crippen MR) is 134 cm³/mol. The summed E-state index contributed by atoms with van der Waals surface area (Å²) in [5, 5.41) is 3.46. The molecule has 0 fully saturated rings. The van der Waals surface area contributed by atoms with Crippen molar-refractivity contribution in [3.8, 4) is 0 Å². The Morgan fingerprint density at radius 1 is 0.909 bits per heavy atom. The monoisotopic (exact) mass is 484 g/mol. The number of sulfonamides is 1. The van der Waals surface area contributed by atoms with Gasteiger partial charge >= 0.3 is 0 Å². The zero-order valence-corrected chi connectivity index (χ0v) is 21.1. The third-order valence-corrected chi connectivity index (χ3v) is 7.78. The molecule has 0 spiro atoms. The minimum atomic E-state index is -3.98. The lowest BCUT2D eigenvalue weighted by atomic mass is 9.96. The van der Waals surface area contributed by atoms with Crippen LogP contribution in [0.3, 0.4) is 0 Å². The van der Waals surface area contributed by atoms with Gasteiger partial charge < -0.3 is 5.32 Å². The van der Waals surface area contributed by atoms with Gasteiger partial charge in [0.25, 0.3) is 10.0 Å². The first-order chi connectivity index (χ1) is 15.5. The lowest BCUT2D eigenvalue weighted by Gasteiger charge is -2.27. The van der Waals surface area contributed by atoms with Gasteiger partial charge in [0, 0.05) is 5.02 Å². The van der Waals surface area contributed by atoms with Gasteiger partial charge in [-0.15, -0.1) is 0 Å². The van der Waals surface area contributed by atoms with Crippen molar-refractivity contribution in [1.29, 1.82) is 0 Å². The maximum absolute atomic E-state index is 13.5. The topological polar surface area (TPSA) is 66.5 Å². The van der Waals surface area contributed by atoms with E-state index in [1.807, 2.05) is 20.8 Å². The van der Waals surface area contributed by atoms with Crippen LogP contribution < -0.4 is 9.62 Å². The van der Waals surface area contributed by atoms with Crippen LogP contribution in [-0.4, -0.2) is 20.9 Å². The molecule has 3 aromatic carbocycles. The van der Waals surface area contributed by atoms with Crippen molar-refractivity contribution in [2.24, 2.45) is 0 Å². The molecule has 3 aromatic rings. The lowest BCUT2D eigenvalue weighted by molar-refractivity contribution is -0.120. The highest BCUT2D eigenvalue weighted by atomic mass is 35.5. The number of carbonyl (C=O) groups excluding carboxylic acids is 1. The van der Waals surface area contributed by atoms with Gasteiger partial charge in [-0.2, -0.15) is 0 Å². The predicted octanol–water partition coefficient (Wildman–Crippen LogP) is 5.65. The van der Waals surface area contributed by atoms with Crippen LogP contribution in [0.1, 0.15) is 40.8 Å². The van der Waals surface area contributed by atoms with Gasteiger partial charge in [0.1, 0.15) is 6.54 Å². The molecule has 1 atom stereocenters. The van der Waals surface area contributed by atoms with E-state index in [2.05, 4.69) is 24.4 Å². The van der Waals surface area contributed by atoms with Gasteiger partial charge in [-0.3, -0.25) is 9.10 Å². The molecule has 1 N–H and O–H groups in total. The van der Waals surface area contributed by atoms with Gasteiger partial charge in [0.05, 0.1) is 16.6 Å². The summed E-state index contributed by atoms with van der Waals surface area (Å²) in [7, 11) is -3.98. The van der Waals surface area contributed by atoms with Crippen molar-refractivity contribution in [2.45, 2.75) is 45.6 Å². The van der Waals surface area contributed by atoms with Gasteiger partial charge in [-0.25, -0.2) is 8.42 Å². The van der Waals surface area contributed by atoms with Gasteiger partial charge in [0.2, 0.25) is 5.91 Å². The largest absolute Gasteiger partial charge is 0.348 e. The zero-order valence-electron chi connectivity index (χ0n) is 19.5. The highest BCUT2D eigenvalue weighted by molar-refractivity contribution is 7.92. The summed E-state index contributed by atoms with van der Waals surface area (Å²) < 4.78 is 28.2. The summed E-state index contributed by atoms with van der Waals surface area (Å²) >= 11 is 6.09. The number of amides is 1. The minimum Gasteiger partial charge on any atom is -0.348 e. The fraction of sp³-hybridized carbons (Fsp3) is 0.269. The van der Waals surface area contributed by atoms with Crippen LogP contribution in [0.5, 0.6) is 0 Å². The second-order valence-corrected chi connectivity index (χ2v) is 10.6. The molecular formula is C26H29ClN2O3S. The molecule has 174 valence electrons. The summed E-state index contributed by atoms with van der Waals surface area (Å²) in [5.41, 5.74) is 5.48. The van der Waals surface area contributed by atoms with E-state index >= 15 is 0 Å². The number of benzene rings is 3. The number of nitrogens with zero attached hydrogens (tertiary/aromatic N) is 1. The standard InChI is InChI=1S/C26H29ClN2O3S/c1-17-13-19(3)24(15-18(17)2)21(5)28-26(30)16-29(25-12-11-22(27)14-20(25)4)33(31,32)23-9-7-6-8-10-23/h6-15,21H,16H2,1-5H3,(H,28,30). The normalized spacial score (nSPS) is 12.3. The molecule has 0 aromatic heterocycles. The first kappa shape index (κ1) is 24.8. The molecule has 33 heavy (non-hydrogen) atoms. The highest BCUT2D eigenvalue weighted by Gasteiger charge is 2.29. The molecule has 1 amide bonds. The summed E-state index contributed by atoms with van der Waals surface area (Å²) in [6.07, 6.45) is 0. The van der Waals surface area contributed by atoms with E-state index in [-0.39, 0.29) is 17.5 Å². The summed E-state index contributed by atoms with van der Waals surface area (Å²) in [6.45, 7) is 9.41. The molecule has 0 aliphatic rings. The van der Waals surface area contributed by atoms with E-state index in [1.54, 1.807) is 43.3 Å². The number of rotatable bonds is 7. The quantitative estimate of drug-likeness (QED) is 0.471. The summed E-state index contributed by atoms with van der Waals surface area (Å²) in [4.78, 5) is 13.2. The molecule has 1 unspecified atom stereocenters. The Morgan fingerprint density at radius 2 is 1.55 bits per heavy atom. The van der Waals surface area contributed by atoms with E-state index in [4.69, 9.17) is 11.6 Å². The minimum absolute atomic E-state index is 0.116. The average molecular weight is 485 g/mol. The van der Waals surface area contributed by atoms with E-state index in [0.717, 1.165) is 21.0 Å². The molecular weight excluding hydrogens is 456 g/mol. The first-order valence-electron chi connectivity index (χ1n) is 10.7. The van der Waals surface area contributed by atoms with Crippen LogP contribution in [0.4, 0.5) is 5.69 Å². The Labute approximate surface area is 201 Å². The molecule has 0 saturated carbocycles. The Bertz CT molecular complexity index is 1270. The van der Waals surface area contributed by atoms with Crippen molar-refractivity contribution >= 4 is 33.2 Å². The number of hydrogen-bond donors (Lipinski definition) is 1. The number of hydrogen-bond acceptors (Lipinski definition) is 3. The van der Waals surface area contributed by atoms with Crippen molar-refractivity contribution < 1.29 is 13.2 Å². The molecule has 0 aliphatic heterocycles. The van der Waals surface area contributed by atoms with Crippen LogP contribution in [0.15, 0.2) is 65.6 Å². The number of aryl methyl sites for hydroxylation is 4. The van der Waals surface area contributed by atoms with Gasteiger partial charge in [0.15, 0.2) is 0 Å². The third kappa shape index (κ3) is 5.57. The molecule has 0 saturated heterocycles. The molecule has 3 rings (SSSR count). The smallest absolute Gasteiger partial charge is 0.264 e. The van der Waals surface area contributed by atoms with Crippen molar-refractivity contribution in [3.63, 3.8) is 0 Å². The number of carbonyl (C=O) groups is 1. The van der Waals surface area contributed by atoms with Crippen LogP contribution in [-0.2, 0) is 14.8 Å². The van der Waals surface area contributed by atoms with Crippen LogP contribution >= 0.6 is 11.6 Å². The van der Waals surface area contributed by atoms with Crippen LogP contribution in [0, 0.1) is 27.7 Å². The maximum atomic E-state index is 13.5. The zero-order chi connectivity index (χ0) is 24.3. The molecule has 7 heteroatoms. The summed E-state index contributed by atoms with van der Waals surface area (Å²) in [6, 6.07) is 16.9. The van der Waals surface area contributed by atoms with E-state index < -0.39 is 15.9 Å². The summed E-state index contributed by atoms with van der Waals surface area (Å²) in [5.74, 6) is -0.394. The third-order valence-electron chi connectivity index (χ3n) is 5.77. The van der Waals surface area contributed by atoms with Crippen LogP contribution in [0.25, 0.3) is 0 Å². The SMILES string of the molecule is Cc1cc(C)c(C(C)NC(=O)CN(c2ccc(Cl)cc2C)S(=O)(=O)c2ccccc2)cc1C. The Kier molecular flexibility index (Phi) is 7.50. The molecule has 0 aliphatic carbocycles. The van der Waals surface area contributed by atoms with E-state index in [1.165, 1.54) is 17.7 Å². The van der Waals surface area contributed by atoms with E-state index in [0.29, 0.717) is 16.3 Å². The van der Waals surface area contributed by atoms with Crippen LogP contribution in [0.2, 0.25) is 5.02 Å². The van der Waals surface area contributed by atoms with Crippen molar-refractivity contribution in [2.75, 3.05) is 10.8 Å². The van der Waals surface area contributed by atoms with Crippen molar-refractivity contribution in [1.82, 2.24) is 5.32 Å². The van der Waals surface area contributed by atoms with Gasteiger partial charge in [-0.05, 0) is 92.8 Å². The molecule has 5 nitrogen and oxygen atoms in total. The highest BCUT2D eigenvalue weighted by Crippen LogP contribution is 2.29. The number of nitrogens with one attached hydrogen (secondary N) is 1. The lowest BCUT2D eigenvalue weighted by Crippen LogP contribution is -2.42. The van der Waals surface area contributed by atoms with Gasteiger partial charge in [-0.1, -0.05) is 41.9 Å². The van der Waals surface area contributed by atoms with E-state index in [9.17, 15) is 13.2 Å². The average Bonchev–Trinajstić information content (AvgIpc) is 2.75. The Balaban J connectivity index is 1.93. The fourth-order valence-corrected chi connectivity index (χ4v) is 5.60. The van der Waals surface area contributed by atoms with Crippen molar-refractivity contribution in [3.05, 3.63) is 93.5 Å². The Morgan fingerprint density at radius 3 is 2.18 bits per heavy atom. The maximum Gasteiger partial charge on any atom is 0.264 e. The molecule has 0 bridgehead atoms. The number of halogens is 1. The second-order valence-electron chi connectivity index (χ2n) is 8.34. The Hall–Kier alpha value is -2.83. The first-order valence-corrected chi connectivity index (χ1v) is 12.5. The second kappa shape index (κ2) is 9.98. The molecule has 0 heterocycles. The fourth-order valence-electron chi connectivity index (χ4n) is 3.86. The number of anilines is 1.